The quantitative estimate of drug-likeness (QED) is 0.798. The number of nitrogens with one attached hydrogen (secondary N) is 1. The fourth-order valence-corrected chi connectivity index (χ4v) is 1.53. The summed E-state index contributed by atoms with van der Waals surface area (Å²) in [6.07, 6.45) is 0.741. The van der Waals surface area contributed by atoms with Crippen LogP contribution in [0.5, 0.6) is 5.75 Å². The third-order valence-electron chi connectivity index (χ3n) is 3.14. The molecule has 2 N–H and O–H groups in total. The summed E-state index contributed by atoms with van der Waals surface area (Å²) in [7, 11) is 1.67. The monoisotopic (exact) mass is 237 g/mol. The number of rotatable bonds is 6. The number of ether oxygens (including phenoxy) is 1. The fourth-order valence-electron chi connectivity index (χ4n) is 1.53. The molecule has 0 aliphatic carbocycles. The summed E-state index contributed by atoms with van der Waals surface area (Å²) in [5.74, 6) is 0.860. The van der Waals surface area contributed by atoms with Gasteiger partial charge in [0, 0.05) is 12.6 Å². The van der Waals surface area contributed by atoms with Gasteiger partial charge in [-0.1, -0.05) is 19.1 Å². The summed E-state index contributed by atoms with van der Waals surface area (Å²) in [6.45, 7) is 6.50. The maximum atomic E-state index is 9.93. The van der Waals surface area contributed by atoms with Crippen LogP contribution in [0.1, 0.15) is 38.8 Å². The van der Waals surface area contributed by atoms with Crippen LogP contribution in [-0.2, 0) is 0 Å². The number of methoxy groups -OCH3 is 1. The number of hydrogen-bond donors (Lipinski definition) is 2. The van der Waals surface area contributed by atoms with Gasteiger partial charge in [0.2, 0.25) is 0 Å². The SMILES string of the molecule is CCC(C)(O)CN[C@@H](C)c1cccc(OC)c1. The molecule has 0 amide bonds. The normalized spacial score (nSPS) is 16.3. The van der Waals surface area contributed by atoms with E-state index in [9.17, 15) is 5.11 Å². The average Bonchev–Trinajstić information content (AvgIpc) is 2.36. The highest BCUT2D eigenvalue weighted by Gasteiger charge is 2.18. The Hall–Kier alpha value is -1.06. The van der Waals surface area contributed by atoms with Crippen LogP contribution in [0.3, 0.4) is 0 Å². The molecule has 0 spiro atoms. The van der Waals surface area contributed by atoms with E-state index < -0.39 is 5.60 Å². The van der Waals surface area contributed by atoms with Gasteiger partial charge < -0.3 is 15.2 Å². The van der Waals surface area contributed by atoms with Gasteiger partial charge in [-0.25, -0.2) is 0 Å². The third-order valence-corrected chi connectivity index (χ3v) is 3.14. The maximum Gasteiger partial charge on any atom is 0.119 e. The van der Waals surface area contributed by atoms with Gasteiger partial charge in [0.25, 0.3) is 0 Å². The molecule has 0 aliphatic rings. The summed E-state index contributed by atoms with van der Waals surface area (Å²) in [5.41, 5.74) is 0.517. The first kappa shape index (κ1) is 14.0. The van der Waals surface area contributed by atoms with Gasteiger partial charge in [0.1, 0.15) is 5.75 Å². The van der Waals surface area contributed by atoms with Crippen LogP contribution in [0.15, 0.2) is 24.3 Å². The van der Waals surface area contributed by atoms with Gasteiger partial charge in [-0.15, -0.1) is 0 Å². The molecule has 0 saturated carbocycles. The molecule has 2 atom stereocenters. The summed E-state index contributed by atoms with van der Waals surface area (Å²) < 4.78 is 5.19. The fraction of sp³-hybridized carbons (Fsp3) is 0.571. The van der Waals surface area contributed by atoms with E-state index in [1.807, 2.05) is 32.0 Å². The second-order valence-electron chi connectivity index (χ2n) is 4.73. The van der Waals surface area contributed by atoms with E-state index >= 15 is 0 Å². The smallest absolute Gasteiger partial charge is 0.119 e. The van der Waals surface area contributed by atoms with E-state index in [-0.39, 0.29) is 6.04 Å². The van der Waals surface area contributed by atoms with Crippen LogP contribution >= 0.6 is 0 Å². The van der Waals surface area contributed by atoms with Gasteiger partial charge in [0.15, 0.2) is 0 Å². The maximum absolute atomic E-state index is 9.93. The zero-order valence-corrected chi connectivity index (χ0v) is 11.2. The van der Waals surface area contributed by atoms with Crippen LogP contribution in [-0.4, -0.2) is 24.4 Å². The van der Waals surface area contributed by atoms with Crippen LogP contribution in [0.4, 0.5) is 0 Å². The predicted octanol–water partition coefficient (Wildman–Crippen LogP) is 2.51. The Labute approximate surface area is 104 Å². The Bertz CT molecular complexity index is 350. The zero-order chi connectivity index (χ0) is 12.9. The molecule has 1 rings (SSSR count). The zero-order valence-electron chi connectivity index (χ0n) is 11.2. The van der Waals surface area contributed by atoms with Crippen molar-refractivity contribution in [2.45, 2.75) is 38.8 Å². The summed E-state index contributed by atoms with van der Waals surface area (Å²) in [5, 5.41) is 13.3. The van der Waals surface area contributed by atoms with Crippen LogP contribution in [0.25, 0.3) is 0 Å². The highest BCUT2D eigenvalue weighted by molar-refractivity contribution is 5.30. The number of benzene rings is 1. The molecule has 0 bridgehead atoms. The van der Waals surface area contributed by atoms with Crippen molar-refractivity contribution in [1.82, 2.24) is 5.32 Å². The summed E-state index contributed by atoms with van der Waals surface area (Å²) in [6, 6.07) is 8.17. The molecular weight excluding hydrogens is 214 g/mol. The third kappa shape index (κ3) is 4.36. The lowest BCUT2D eigenvalue weighted by molar-refractivity contribution is 0.0533. The van der Waals surface area contributed by atoms with E-state index in [0.29, 0.717) is 6.54 Å². The lowest BCUT2D eigenvalue weighted by Crippen LogP contribution is -2.38. The van der Waals surface area contributed by atoms with Crippen LogP contribution < -0.4 is 10.1 Å². The van der Waals surface area contributed by atoms with Crippen LogP contribution in [0.2, 0.25) is 0 Å². The first-order chi connectivity index (χ1) is 7.98. The molecule has 0 fully saturated rings. The molecule has 0 aliphatic heterocycles. The Morgan fingerprint density at radius 1 is 1.47 bits per heavy atom. The molecule has 1 unspecified atom stereocenters. The van der Waals surface area contributed by atoms with Crippen molar-refractivity contribution in [1.29, 1.82) is 0 Å². The molecule has 0 aromatic heterocycles. The van der Waals surface area contributed by atoms with Gasteiger partial charge >= 0.3 is 0 Å². The van der Waals surface area contributed by atoms with Gasteiger partial charge in [0.05, 0.1) is 12.7 Å². The van der Waals surface area contributed by atoms with Crippen molar-refractivity contribution in [3.8, 4) is 5.75 Å². The minimum absolute atomic E-state index is 0.197. The largest absolute Gasteiger partial charge is 0.497 e. The lowest BCUT2D eigenvalue weighted by atomic mass is 10.0. The molecule has 17 heavy (non-hydrogen) atoms. The van der Waals surface area contributed by atoms with Crippen molar-refractivity contribution in [3.63, 3.8) is 0 Å². The minimum Gasteiger partial charge on any atom is -0.497 e. The van der Waals surface area contributed by atoms with Crippen molar-refractivity contribution in [2.75, 3.05) is 13.7 Å². The molecular formula is C14H23NO2. The van der Waals surface area contributed by atoms with Crippen molar-refractivity contribution in [2.24, 2.45) is 0 Å². The summed E-state index contributed by atoms with van der Waals surface area (Å²) in [4.78, 5) is 0. The lowest BCUT2D eigenvalue weighted by Gasteiger charge is -2.24. The van der Waals surface area contributed by atoms with E-state index in [1.165, 1.54) is 0 Å². The molecule has 96 valence electrons. The van der Waals surface area contributed by atoms with Crippen molar-refractivity contribution < 1.29 is 9.84 Å². The Balaban J connectivity index is 2.60. The molecule has 3 heteroatoms. The first-order valence-electron chi connectivity index (χ1n) is 6.08. The highest BCUT2D eigenvalue weighted by atomic mass is 16.5. The van der Waals surface area contributed by atoms with Gasteiger partial charge in [-0.05, 0) is 38.0 Å². The molecule has 0 saturated heterocycles. The number of aliphatic hydroxyl groups is 1. The van der Waals surface area contributed by atoms with E-state index in [2.05, 4.69) is 18.3 Å². The standard InChI is InChI=1S/C14H23NO2/c1-5-14(3,16)10-15-11(2)12-7-6-8-13(9-12)17-4/h6-9,11,15-16H,5,10H2,1-4H3/t11-,14?/m0/s1. The van der Waals surface area contributed by atoms with Crippen molar-refractivity contribution in [3.05, 3.63) is 29.8 Å². The Morgan fingerprint density at radius 3 is 2.76 bits per heavy atom. The molecule has 0 heterocycles. The molecule has 3 nitrogen and oxygen atoms in total. The van der Waals surface area contributed by atoms with Gasteiger partial charge in [-0.3, -0.25) is 0 Å². The van der Waals surface area contributed by atoms with E-state index in [0.717, 1.165) is 17.7 Å². The molecule has 1 aromatic rings. The van der Waals surface area contributed by atoms with E-state index in [4.69, 9.17) is 4.74 Å². The Kier molecular flexibility index (Phi) is 4.97. The molecule has 0 radical (unpaired) electrons. The van der Waals surface area contributed by atoms with Gasteiger partial charge in [-0.2, -0.15) is 0 Å². The highest BCUT2D eigenvalue weighted by Crippen LogP contribution is 2.19. The van der Waals surface area contributed by atoms with Crippen LogP contribution in [0, 0.1) is 0 Å². The average molecular weight is 237 g/mol. The van der Waals surface area contributed by atoms with E-state index in [1.54, 1.807) is 7.11 Å². The summed E-state index contributed by atoms with van der Waals surface area (Å²) >= 11 is 0. The predicted molar refractivity (Wildman–Crippen MR) is 70.3 cm³/mol. The van der Waals surface area contributed by atoms with Crippen molar-refractivity contribution >= 4 is 0 Å². The Morgan fingerprint density at radius 2 is 2.18 bits per heavy atom. The minimum atomic E-state index is -0.646. The second kappa shape index (κ2) is 6.03. The number of hydrogen-bond acceptors (Lipinski definition) is 3. The molecule has 1 aromatic carbocycles. The second-order valence-corrected chi connectivity index (χ2v) is 4.73. The first-order valence-corrected chi connectivity index (χ1v) is 6.08. The topological polar surface area (TPSA) is 41.5 Å².